The Kier molecular flexibility index (Phi) is 7.62. The van der Waals surface area contributed by atoms with E-state index in [1.165, 1.54) is 11.1 Å². The Labute approximate surface area is 219 Å². The Bertz CT molecular complexity index is 1220. The van der Waals surface area contributed by atoms with Gasteiger partial charge in [0.1, 0.15) is 5.82 Å². The second-order valence-corrected chi connectivity index (χ2v) is 10.1. The van der Waals surface area contributed by atoms with Gasteiger partial charge in [-0.05, 0) is 54.8 Å². The van der Waals surface area contributed by atoms with Crippen LogP contribution in [0.2, 0.25) is 0 Å². The number of piperazine rings is 1. The van der Waals surface area contributed by atoms with Crippen LogP contribution in [0.1, 0.15) is 17.5 Å². The molecule has 0 atom stereocenters. The van der Waals surface area contributed by atoms with Crippen LogP contribution in [0.5, 0.6) is 0 Å². The number of amides is 1. The first kappa shape index (κ1) is 25.1. The number of pyridine rings is 1. The first-order valence-corrected chi connectivity index (χ1v) is 13.0. The zero-order chi connectivity index (χ0) is 25.8. The summed E-state index contributed by atoms with van der Waals surface area (Å²) in [5.74, 6) is 1.65. The van der Waals surface area contributed by atoms with E-state index in [2.05, 4.69) is 55.1 Å². The fourth-order valence-electron chi connectivity index (χ4n) is 4.96. The van der Waals surface area contributed by atoms with Gasteiger partial charge in [0.2, 0.25) is 11.9 Å². The molecular formula is C28H36N8O. The maximum Gasteiger partial charge on any atom is 0.236 e. The molecule has 0 aliphatic carbocycles. The van der Waals surface area contributed by atoms with E-state index in [4.69, 9.17) is 4.98 Å². The molecule has 1 amide bonds. The second kappa shape index (κ2) is 11.2. The lowest BCUT2D eigenvalue weighted by Crippen LogP contribution is -2.49. The van der Waals surface area contributed by atoms with Crippen LogP contribution in [0.4, 0.5) is 17.5 Å². The van der Waals surface area contributed by atoms with Crippen LogP contribution in [0.25, 0.3) is 11.3 Å². The van der Waals surface area contributed by atoms with E-state index in [1.54, 1.807) is 6.20 Å². The topological polar surface area (TPSA) is 80.7 Å². The number of carbonyl (C=O) groups excluding carboxylic acids is 1. The van der Waals surface area contributed by atoms with Crippen molar-refractivity contribution in [3.8, 4) is 11.3 Å². The van der Waals surface area contributed by atoms with Crippen molar-refractivity contribution in [2.75, 3.05) is 70.1 Å². The highest BCUT2D eigenvalue weighted by Crippen LogP contribution is 2.23. The first-order chi connectivity index (χ1) is 17.9. The zero-order valence-corrected chi connectivity index (χ0v) is 22.0. The highest BCUT2D eigenvalue weighted by molar-refractivity contribution is 5.78. The number of carbonyl (C=O) groups is 1. The average molecular weight is 501 g/mol. The number of anilines is 3. The summed E-state index contributed by atoms with van der Waals surface area (Å²) >= 11 is 0. The molecule has 9 nitrogen and oxygen atoms in total. The minimum Gasteiger partial charge on any atom is -0.360 e. The summed E-state index contributed by atoms with van der Waals surface area (Å²) in [7, 11) is 3.94. The normalized spacial score (nSPS) is 21.1. The van der Waals surface area contributed by atoms with Crippen molar-refractivity contribution in [2.45, 2.75) is 19.9 Å². The van der Waals surface area contributed by atoms with E-state index in [-0.39, 0.29) is 5.91 Å². The van der Waals surface area contributed by atoms with Crippen LogP contribution in [-0.2, 0) is 11.3 Å². The molecule has 5 aliphatic heterocycles. The number of benzene rings is 1. The molecule has 3 aromatic rings. The molecule has 1 aromatic carbocycles. The van der Waals surface area contributed by atoms with Gasteiger partial charge in [0.05, 0.1) is 12.2 Å². The van der Waals surface area contributed by atoms with Gasteiger partial charge in [0.25, 0.3) is 0 Å². The van der Waals surface area contributed by atoms with Gasteiger partial charge in [0, 0.05) is 83.6 Å². The summed E-state index contributed by atoms with van der Waals surface area (Å²) in [6.45, 7) is 8.74. The quantitative estimate of drug-likeness (QED) is 0.505. The van der Waals surface area contributed by atoms with Crippen molar-refractivity contribution in [2.24, 2.45) is 0 Å². The summed E-state index contributed by atoms with van der Waals surface area (Å²) in [6, 6.07) is 12.5. The van der Waals surface area contributed by atoms with E-state index in [1.807, 2.05) is 43.4 Å². The molecule has 0 spiro atoms. The van der Waals surface area contributed by atoms with Gasteiger partial charge in [-0.25, -0.2) is 15.0 Å². The maximum absolute atomic E-state index is 12.8. The third-order valence-corrected chi connectivity index (χ3v) is 7.13. The monoisotopic (exact) mass is 500 g/mol. The smallest absolute Gasteiger partial charge is 0.236 e. The lowest BCUT2D eigenvalue weighted by atomic mass is 10.1. The minimum atomic E-state index is 0.189. The molecule has 37 heavy (non-hydrogen) atoms. The molecule has 9 heteroatoms. The SMILES string of the molecule is Cc1cc2cc(c1)Nc1nccc(n1)-c1ccc(nc1)N(C)CCCN(C)C(=O)CN1CCN(CC1)C2. The van der Waals surface area contributed by atoms with E-state index >= 15 is 0 Å². The molecular weight excluding hydrogens is 464 g/mol. The largest absolute Gasteiger partial charge is 0.360 e. The molecule has 194 valence electrons. The molecule has 7 heterocycles. The number of hydrogen-bond acceptors (Lipinski definition) is 8. The summed E-state index contributed by atoms with van der Waals surface area (Å²) in [6.07, 6.45) is 4.52. The highest BCUT2D eigenvalue weighted by Gasteiger charge is 2.21. The summed E-state index contributed by atoms with van der Waals surface area (Å²) in [4.78, 5) is 35.4. The van der Waals surface area contributed by atoms with E-state index in [9.17, 15) is 4.79 Å². The van der Waals surface area contributed by atoms with E-state index in [0.29, 0.717) is 12.5 Å². The predicted molar refractivity (Wildman–Crippen MR) is 147 cm³/mol. The highest BCUT2D eigenvalue weighted by atomic mass is 16.2. The van der Waals surface area contributed by atoms with Crippen LogP contribution in [0, 0.1) is 6.92 Å². The van der Waals surface area contributed by atoms with Crippen LogP contribution < -0.4 is 10.2 Å². The van der Waals surface area contributed by atoms with Crippen molar-refractivity contribution >= 4 is 23.4 Å². The number of nitrogens with zero attached hydrogens (tertiary/aromatic N) is 7. The molecule has 8 rings (SSSR count). The Morgan fingerprint density at radius 3 is 2.35 bits per heavy atom. The third-order valence-electron chi connectivity index (χ3n) is 7.13. The molecule has 0 radical (unpaired) electrons. The van der Waals surface area contributed by atoms with Gasteiger partial charge >= 0.3 is 0 Å². The van der Waals surface area contributed by atoms with Gasteiger partial charge in [-0.15, -0.1) is 0 Å². The molecule has 1 saturated heterocycles. The third kappa shape index (κ3) is 6.42. The maximum atomic E-state index is 12.8. The van der Waals surface area contributed by atoms with Gasteiger partial charge in [0.15, 0.2) is 0 Å². The first-order valence-electron chi connectivity index (χ1n) is 13.0. The summed E-state index contributed by atoms with van der Waals surface area (Å²) in [5, 5.41) is 3.40. The number of likely N-dealkylation sites (N-methyl/N-ethyl adjacent to an activating group) is 1. The lowest BCUT2D eigenvalue weighted by molar-refractivity contribution is -0.131. The standard InChI is InChI=1S/C28H36N8O/c1-21-15-22-17-24(16-21)31-28-29-8-7-25(32-28)23-5-6-26(30-18-23)33(2)9-4-10-34(3)27(37)20-36-13-11-35(19-22)12-14-36/h5-8,15-18H,4,9-14,19-20H2,1-3H3,(H,29,31,32). The van der Waals surface area contributed by atoms with Gasteiger partial charge in [-0.3, -0.25) is 14.6 Å². The second-order valence-electron chi connectivity index (χ2n) is 10.1. The fourth-order valence-corrected chi connectivity index (χ4v) is 4.96. The summed E-state index contributed by atoms with van der Waals surface area (Å²) < 4.78 is 0. The van der Waals surface area contributed by atoms with Crippen LogP contribution in [0.15, 0.2) is 48.8 Å². The predicted octanol–water partition coefficient (Wildman–Crippen LogP) is 3.01. The van der Waals surface area contributed by atoms with Crippen molar-refractivity contribution in [1.29, 1.82) is 0 Å². The zero-order valence-electron chi connectivity index (χ0n) is 22.0. The van der Waals surface area contributed by atoms with Crippen LogP contribution >= 0.6 is 0 Å². The number of rotatable bonds is 0. The van der Waals surface area contributed by atoms with E-state index in [0.717, 1.165) is 75.0 Å². The number of nitrogens with one attached hydrogen (secondary N) is 1. The van der Waals surface area contributed by atoms with Crippen molar-refractivity contribution in [3.05, 3.63) is 59.9 Å². The number of hydrogen-bond donors (Lipinski definition) is 1. The minimum absolute atomic E-state index is 0.189. The van der Waals surface area contributed by atoms with Gasteiger partial charge in [-0.1, -0.05) is 6.07 Å². The van der Waals surface area contributed by atoms with Crippen molar-refractivity contribution in [1.82, 2.24) is 29.7 Å². The van der Waals surface area contributed by atoms with Gasteiger partial charge in [-0.2, -0.15) is 0 Å². The fraction of sp³-hybridized carbons (Fsp3) is 0.429. The molecule has 0 unspecified atom stereocenters. The van der Waals surface area contributed by atoms with Crippen LogP contribution in [-0.4, -0.2) is 95.5 Å². The summed E-state index contributed by atoms with van der Waals surface area (Å²) in [5.41, 5.74) is 5.19. The van der Waals surface area contributed by atoms with Gasteiger partial charge < -0.3 is 15.1 Å². The number of aromatic nitrogens is 3. The average Bonchev–Trinajstić information content (AvgIpc) is 2.89. The van der Waals surface area contributed by atoms with Crippen molar-refractivity contribution < 1.29 is 4.79 Å². The Morgan fingerprint density at radius 1 is 0.838 bits per heavy atom. The lowest BCUT2D eigenvalue weighted by Gasteiger charge is -2.35. The molecule has 5 aliphatic rings. The van der Waals surface area contributed by atoms with E-state index < -0.39 is 0 Å². The molecule has 0 saturated carbocycles. The Morgan fingerprint density at radius 2 is 1.59 bits per heavy atom. The van der Waals surface area contributed by atoms with Crippen LogP contribution in [0.3, 0.4) is 0 Å². The molecule has 1 N–H and O–H groups in total. The number of aryl methyl sites for hydroxylation is 1. The molecule has 1 fully saturated rings. The molecule has 8 bridgehead atoms. The van der Waals surface area contributed by atoms with Crippen molar-refractivity contribution in [3.63, 3.8) is 0 Å². The molecule has 2 aromatic heterocycles. The Balaban J connectivity index is 1.41. The Hall–Kier alpha value is -3.56.